The lowest BCUT2D eigenvalue weighted by Gasteiger charge is -2.23. The van der Waals surface area contributed by atoms with Crippen LogP contribution in [-0.2, 0) is 4.74 Å². The summed E-state index contributed by atoms with van der Waals surface area (Å²) >= 11 is 11.9. The van der Waals surface area contributed by atoms with Crippen LogP contribution in [0.3, 0.4) is 0 Å². The van der Waals surface area contributed by atoms with Crippen LogP contribution in [0.5, 0.6) is 5.75 Å². The zero-order valence-electron chi connectivity index (χ0n) is 13.6. The van der Waals surface area contributed by atoms with E-state index in [1.165, 1.54) is 0 Å². The van der Waals surface area contributed by atoms with Gasteiger partial charge in [0, 0.05) is 12.8 Å². The first-order valence-corrected chi connectivity index (χ1v) is 8.89. The highest BCUT2D eigenvalue weighted by Gasteiger charge is 2.21. The predicted octanol–water partition coefficient (Wildman–Crippen LogP) is 3.68. The SMILES string of the molecule is N[C@H](c1ccc(Cl)c(Cl)c1)[C@H](O)c1ccc(OC2CCOCC2)cn1. The second-order valence-electron chi connectivity index (χ2n) is 5.99. The second-order valence-corrected chi connectivity index (χ2v) is 6.81. The summed E-state index contributed by atoms with van der Waals surface area (Å²) in [6, 6.07) is 7.90. The molecule has 2 aromatic rings. The first-order chi connectivity index (χ1) is 12.0. The summed E-state index contributed by atoms with van der Waals surface area (Å²) in [5, 5.41) is 11.3. The first-order valence-electron chi connectivity index (χ1n) is 8.13. The van der Waals surface area contributed by atoms with Crippen molar-refractivity contribution in [2.75, 3.05) is 13.2 Å². The molecule has 1 saturated heterocycles. The number of hydrogen-bond acceptors (Lipinski definition) is 5. The molecule has 0 unspecified atom stereocenters. The van der Waals surface area contributed by atoms with E-state index in [2.05, 4.69) is 4.98 Å². The molecule has 0 spiro atoms. The van der Waals surface area contributed by atoms with Crippen molar-refractivity contribution >= 4 is 23.2 Å². The molecule has 1 aromatic carbocycles. The largest absolute Gasteiger partial charge is 0.489 e. The number of hydrogen-bond donors (Lipinski definition) is 2. The molecular weight excluding hydrogens is 363 g/mol. The number of halogens is 2. The molecule has 1 fully saturated rings. The van der Waals surface area contributed by atoms with Crippen molar-refractivity contribution in [3.05, 3.63) is 57.8 Å². The van der Waals surface area contributed by atoms with Crippen LogP contribution < -0.4 is 10.5 Å². The lowest BCUT2D eigenvalue weighted by atomic mass is 10.00. The van der Waals surface area contributed by atoms with Gasteiger partial charge in [-0.05, 0) is 29.8 Å². The highest BCUT2D eigenvalue weighted by Crippen LogP contribution is 2.31. The van der Waals surface area contributed by atoms with Gasteiger partial charge in [0.05, 0.1) is 41.2 Å². The molecule has 2 heterocycles. The van der Waals surface area contributed by atoms with Gasteiger partial charge in [0.2, 0.25) is 0 Å². The maximum absolute atomic E-state index is 10.5. The van der Waals surface area contributed by atoms with Gasteiger partial charge in [-0.1, -0.05) is 29.3 Å². The molecule has 5 nitrogen and oxygen atoms in total. The van der Waals surface area contributed by atoms with Gasteiger partial charge in [-0.25, -0.2) is 0 Å². The van der Waals surface area contributed by atoms with Crippen LogP contribution in [0.2, 0.25) is 10.0 Å². The fourth-order valence-corrected chi connectivity index (χ4v) is 3.02. The maximum atomic E-state index is 10.5. The number of nitrogens with zero attached hydrogens (tertiary/aromatic N) is 1. The number of benzene rings is 1. The molecule has 7 heteroatoms. The molecule has 2 atom stereocenters. The molecule has 0 amide bonds. The van der Waals surface area contributed by atoms with Crippen molar-refractivity contribution in [3.63, 3.8) is 0 Å². The summed E-state index contributed by atoms with van der Waals surface area (Å²) in [4.78, 5) is 4.29. The summed E-state index contributed by atoms with van der Waals surface area (Å²) in [5.74, 6) is 0.672. The van der Waals surface area contributed by atoms with Crippen LogP contribution in [0.15, 0.2) is 36.5 Å². The maximum Gasteiger partial charge on any atom is 0.138 e. The summed E-state index contributed by atoms with van der Waals surface area (Å²) in [7, 11) is 0. The standard InChI is InChI=1S/C18H20Cl2N2O3/c19-14-3-1-11(9-15(14)20)17(21)18(23)16-4-2-13(10-22-16)25-12-5-7-24-8-6-12/h1-4,9-10,12,17-18,23H,5-8,21H2/t17-,18-/m1/s1. The molecule has 1 aliphatic rings. The number of nitrogens with two attached hydrogens (primary N) is 1. The summed E-state index contributed by atoms with van der Waals surface area (Å²) in [6.07, 6.45) is 2.52. The molecule has 1 aliphatic heterocycles. The molecule has 0 bridgehead atoms. The Morgan fingerprint density at radius 2 is 1.92 bits per heavy atom. The van der Waals surface area contributed by atoms with Crippen molar-refractivity contribution in [2.24, 2.45) is 5.73 Å². The molecule has 25 heavy (non-hydrogen) atoms. The van der Waals surface area contributed by atoms with Gasteiger partial charge < -0.3 is 20.3 Å². The summed E-state index contributed by atoms with van der Waals surface area (Å²) < 4.78 is 11.2. The zero-order valence-corrected chi connectivity index (χ0v) is 15.1. The van der Waals surface area contributed by atoms with Gasteiger partial charge in [-0.3, -0.25) is 4.98 Å². The minimum absolute atomic E-state index is 0.143. The third kappa shape index (κ3) is 4.63. The van der Waals surface area contributed by atoms with E-state index in [1.54, 1.807) is 36.5 Å². The number of aliphatic hydroxyl groups excluding tert-OH is 1. The first kappa shape index (κ1) is 18.4. The molecule has 0 aliphatic carbocycles. The Morgan fingerprint density at radius 1 is 1.16 bits per heavy atom. The van der Waals surface area contributed by atoms with E-state index in [0.717, 1.165) is 12.8 Å². The van der Waals surface area contributed by atoms with E-state index in [-0.39, 0.29) is 6.10 Å². The Labute approximate surface area is 156 Å². The van der Waals surface area contributed by atoms with Gasteiger partial charge in [0.15, 0.2) is 0 Å². The average Bonchev–Trinajstić information content (AvgIpc) is 2.64. The summed E-state index contributed by atoms with van der Waals surface area (Å²) in [5.41, 5.74) is 7.30. The van der Waals surface area contributed by atoms with Crippen LogP contribution in [0, 0.1) is 0 Å². The Hall–Kier alpha value is -1.37. The van der Waals surface area contributed by atoms with E-state index in [9.17, 15) is 5.11 Å². The highest BCUT2D eigenvalue weighted by molar-refractivity contribution is 6.42. The van der Waals surface area contributed by atoms with Gasteiger partial charge >= 0.3 is 0 Å². The van der Waals surface area contributed by atoms with Crippen LogP contribution in [-0.4, -0.2) is 29.4 Å². The van der Waals surface area contributed by atoms with Crippen LogP contribution >= 0.6 is 23.2 Å². The van der Waals surface area contributed by atoms with E-state index in [4.69, 9.17) is 38.4 Å². The molecular formula is C18H20Cl2N2O3. The van der Waals surface area contributed by atoms with Crippen molar-refractivity contribution in [2.45, 2.75) is 31.1 Å². The van der Waals surface area contributed by atoms with Crippen molar-refractivity contribution < 1.29 is 14.6 Å². The fraction of sp³-hybridized carbons (Fsp3) is 0.389. The van der Waals surface area contributed by atoms with Gasteiger partial charge in [0.25, 0.3) is 0 Å². The smallest absolute Gasteiger partial charge is 0.138 e. The van der Waals surface area contributed by atoms with Crippen molar-refractivity contribution in [1.82, 2.24) is 4.98 Å². The van der Waals surface area contributed by atoms with E-state index >= 15 is 0 Å². The number of pyridine rings is 1. The average molecular weight is 383 g/mol. The Balaban J connectivity index is 1.66. The van der Waals surface area contributed by atoms with Gasteiger partial charge in [-0.2, -0.15) is 0 Å². The Morgan fingerprint density at radius 3 is 2.56 bits per heavy atom. The molecule has 1 aromatic heterocycles. The lowest BCUT2D eigenvalue weighted by molar-refractivity contribution is 0.0253. The fourth-order valence-electron chi connectivity index (χ4n) is 2.71. The minimum Gasteiger partial charge on any atom is -0.489 e. The molecule has 3 N–H and O–H groups in total. The normalized spacial score (nSPS) is 17.9. The number of rotatable bonds is 5. The Kier molecular flexibility index (Phi) is 6.15. The third-order valence-corrected chi connectivity index (χ3v) is 4.94. The van der Waals surface area contributed by atoms with Crippen LogP contribution in [0.25, 0.3) is 0 Å². The van der Waals surface area contributed by atoms with E-state index < -0.39 is 12.1 Å². The topological polar surface area (TPSA) is 77.6 Å². The second kappa shape index (κ2) is 8.34. The number of aromatic nitrogens is 1. The third-order valence-electron chi connectivity index (χ3n) is 4.20. The molecule has 3 rings (SSSR count). The van der Waals surface area contributed by atoms with Crippen molar-refractivity contribution in [1.29, 1.82) is 0 Å². The van der Waals surface area contributed by atoms with Crippen LogP contribution in [0.1, 0.15) is 36.2 Å². The van der Waals surface area contributed by atoms with E-state index in [0.29, 0.717) is 40.3 Å². The number of aliphatic hydroxyl groups is 1. The van der Waals surface area contributed by atoms with Crippen LogP contribution in [0.4, 0.5) is 0 Å². The predicted molar refractivity (Wildman–Crippen MR) is 97.1 cm³/mol. The number of ether oxygens (including phenoxy) is 2. The van der Waals surface area contributed by atoms with Gasteiger partial charge in [0.1, 0.15) is 18.0 Å². The highest BCUT2D eigenvalue weighted by atomic mass is 35.5. The molecule has 0 radical (unpaired) electrons. The minimum atomic E-state index is -0.964. The summed E-state index contributed by atoms with van der Waals surface area (Å²) in [6.45, 7) is 1.43. The van der Waals surface area contributed by atoms with Gasteiger partial charge in [-0.15, -0.1) is 0 Å². The quantitative estimate of drug-likeness (QED) is 0.824. The Bertz CT molecular complexity index is 706. The molecule has 134 valence electrons. The van der Waals surface area contributed by atoms with E-state index in [1.807, 2.05) is 0 Å². The lowest BCUT2D eigenvalue weighted by Crippen LogP contribution is -2.26. The monoisotopic (exact) mass is 382 g/mol. The molecule has 0 saturated carbocycles. The zero-order chi connectivity index (χ0) is 17.8. The van der Waals surface area contributed by atoms with Crippen molar-refractivity contribution in [3.8, 4) is 5.75 Å².